The van der Waals surface area contributed by atoms with Crippen LogP contribution in [0.5, 0.6) is 0 Å². The fraction of sp³-hybridized carbons (Fsp3) is 0.400. The van der Waals surface area contributed by atoms with Gasteiger partial charge in [0.15, 0.2) is 0 Å². The van der Waals surface area contributed by atoms with Crippen LogP contribution in [0.2, 0.25) is 0 Å². The molecule has 0 aliphatic rings. The average molecular weight is 324 g/mol. The summed E-state index contributed by atoms with van der Waals surface area (Å²) in [5.41, 5.74) is 4.27. The third-order valence-corrected chi connectivity index (χ3v) is 4.23. The van der Waals surface area contributed by atoms with Crippen LogP contribution >= 0.6 is 0 Å². The second-order valence-electron chi connectivity index (χ2n) is 7.18. The number of quaternary nitrogens is 2. The number of hydrogen-bond donors (Lipinski definition) is 2. The molecular weight excluding hydrogens is 296 g/mol. The van der Waals surface area contributed by atoms with E-state index in [1.165, 1.54) is 0 Å². The molecule has 1 aromatic carbocycles. The molecule has 0 spiro atoms. The first-order chi connectivity index (χ1) is 11.5. The van der Waals surface area contributed by atoms with E-state index >= 15 is 0 Å². The van der Waals surface area contributed by atoms with Crippen molar-refractivity contribution in [3.8, 4) is 0 Å². The molecule has 0 bridgehead atoms. The maximum absolute atomic E-state index is 4.91. The van der Waals surface area contributed by atoms with Gasteiger partial charge in [-0.2, -0.15) is 0 Å². The summed E-state index contributed by atoms with van der Waals surface area (Å²) in [7, 11) is 0. The zero-order valence-electron chi connectivity index (χ0n) is 15.1. The van der Waals surface area contributed by atoms with Gasteiger partial charge in [0.2, 0.25) is 0 Å². The average Bonchev–Trinajstić information content (AvgIpc) is 2.57. The third-order valence-electron chi connectivity index (χ3n) is 4.23. The number of fused-ring (bicyclic) bond motifs is 3. The Morgan fingerprint density at radius 3 is 1.42 bits per heavy atom. The van der Waals surface area contributed by atoms with Gasteiger partial charge in [0.1, 0.15) is 13.1 Å². The van der Waals surface area contributed by atoms with E-state index in [0.29, 0.717) is 12.1 Å². The van der Waals surface area contributed by atoms with E-state index in [2.05, 4.69) is 74.7 Å². The maximum Gasteiger partial charge on any atom is 0.119 e. The van der Waals surface area contributed by atoms with E-state index in [0.717, 1.165) is 46.3 Å². The normalized spacial score (nSPS) is 11.9. The summed E-state index contributed by atoms with van der Waals surface area (Å²) < 4.78 is 0. The molecule has 3 aromatic rings. The lowest BCUT2D eigenvalue weighted by atomic mass is 10.1. The number of aromatic nitrogens is 2. The predicted octanol–water partition coefficient (Wildman–Crippen LogP) is 1.73. The lowest BCUT2D eigenvalue weighted by Gasteiger charge is -2.09. The molecule has 0 unspecified atom stereocenters. The minimum absolute atomic E-state index is 0.575. The molecule has 4 N–H and O–H groups in total. The summed E-state index contributed by atoms with van der Waals surface area (Å²) in [5, 5.41) is 6.92. The van der Waals surface area contributed by atoms with Gasteiger partial charge in [-0.25, -0.2) is 9.97 Å². The Kier molecular flexibility index (Phi) is 5.07. The van der Waals surface area contributed by atoms with Crippen molar-refractivity contribution < 1.29 is 10.6 Å². The molecule has 126 valence electrons. The van der Waals surface area contributed by atoms with Crippen LogP contribution in [-0.2, 0) is 13.1 Å². The predicted molar refractivity (Wildman–Crippen MR) is 98.6 cm³/mol. The van der Waals surface area contributed by atoms with E-state index < -0.39 is 0 Å². The summed E-state index contributed by atoms with van der Waals surface area (Å²) in [5.74, 6) is 0. The van der Waals surface area contributed by atoms with Crippen molar-refractivity contribution in [1.29, 1.82) is 0 Å². The Bertz CT molecular complexity index is 769. The first kappa shape index (κ1) is 16.8. The van der Waals surface area contributed by atoms with Crippen molar-refractivity contribution in [2.75, 3.05) is 0 Å². The Morgan fingerprint density at radius 1 is 0.667 bits per heavy atom. The van der Waals surface area contributed by atoms with Gasteiger partial charge >= 0.3 is 0 Å². The molecule has 0 saturated carbocycles. The van der Waals surface area contributed by atoms with Crippen LogP contribution in [-0.4, -0.2) is 22.1 Å². The van der Waals surface area contributed by atoms with Crippen molar-refractivity contribution in [3.05, 3.63) is 47.8 Å². The lowest BCUT2D eigenvalue weighted by Crippen LogP contribution is -2.87. The standard InChI is InChI=1S/C20H26N4/c1-13(2)21-11-17-9-7-15-5-6-16-8-10-18(12-22-14(3)4)24-20(16)19(15)23-17/h5-10,13-14,21-22H,11-12H2,1-4H3/p+2. The van der Waals surface area contributed by atoms with Gasteiger partial charge in [-0.15, -0.1) is 0 Å². The van der Waals surface area contributed by atoms with Crippen LogP contribution in [0, 0.1) is 0 Å². The second-order valence-corrected chi connectivity index (χ2v) is 7.18. The quantitative estimate of drug-likeness (QED) is 0.678. The number of hydrogen-bond acceptors (Lipinski definition) is 2. The maximum atomic E-state index is 4.91. The highest BCUT2D eigenvalue weighted by atomic mass is 14.9. The second kappa shape index (κ2) is 7.24. The largest absolute Gasteiger partial charge is 0.339 e. The molecule has 2 aromatic heterocycles. The van der Waals surface area contributed by atoms with Gasteiger partial charge in [0.25, 0.3) is 0 Å². The van der Waals surface area contributed by atoms with Crippen LogP contribution in [0.1, 0.15) is 39.1 Å². The zero-order valence-corrected chi connectivity index (χ0v) is 15.1. The molecule has 4 nitrogen and oxygen atoms in total. The molecular formula is C20H28N4+2. The van der Waals surface area contributed by atoms with Crippen molar-refractivity contribution in [2.45, 2.75) is 52.9 Å². The third kappa shape index (κ3) is 3.89. The molecule has 0 aliphatic heterocycles. The van der Waals surface area contributed by atoms with Gasteiger partial charge in [0.05, 0.1) is 34.5 Å². The van der Waals surface area contributed by atoms with Gasteiger partial charge in [-0.05, 0) is 39.8 Å². The van der Waals surface area contributed by atoms with Crippen molar-refractivity contribution >= 4 is 21.8 Å². The van der Waals surface area contributed by atoms with Crippen molar-refractivity contribution in [2.24, 2.45) is 0 Å². The van der Waals surface area contributed by atoms with Crippen LogP contribution in [0.3, 0.4) is 0 Å². The fourth-order valence-corrected chi connectivity index (χ4v) is 2.79. The highest BCUT2D eigenvalue weighted by molar-refractivity contribution is 6.02. The summed E-state index contributed by atoms with van der Waals surface area (Å²) in [6.07, 6.45) is 0. The van der Waals surface area contributed by atoms with Gasteiger partial charge in [0, 0.05) is 10.8 Å². The smallest absolute Gasteiger partial charge is 0.119 e. The number of pyridine rings is 2. The molecule has 4 heteroatoms. The Morgan fingerprint density at radius 2 is 1.04 bits per heavy atom. The van der Waals surface area contributed by atoms with E-state index in [1.54, 1.807) is 0 Å². The van der Waals surface area contributed by atoms with Crippen LogP contribution in [0.4, 0.5) is 0 Å². The number of rotatable bonds is 6. The molecule has 24 heavy (non-hydrogen) atoms. The molecule has 0 saturated heterocycles. The summed E-state index contributed by atoms with van der Waals surface area (Å²) in [4.78, 5) is 9.82. The summed E-state index contributed by atoms with van der Waals surface area (Å²) in [6.45, 7) is 10.6. The molecule has 3 rings (SSSR count). The SMILES string of the molecule is CC(C)[NH2+]Cc1ccc2ccc3ccc(C[NH2+]C(C)C)nc3c2n1. The Hall–Kier alpha value is -2.04. The van der Waals surface area contributed by atoms with Crippen LogP contribution < -0.4 is 10.6 Å². The zero-order chi connectivity index (χ0) is 17.1. The lowest BCUT2D eigenvalue weighted by molar-refractivity contribution is -0.698. The van der Waals surface area contributed by atoms with E-state index in [9.17, 15) is 0 Å². The molecule has 0 radical (unpaired) electrons. The van der Waals surface area contributed by atoms with Crippen LogP contribution in [0.15, 0.2) is 36.4 Å². The van der Waals surface area contributed by atoms with Crippen LogP contribution in [0.25, 0.3) is 21.8 Å². The van der Waals surface area contributed by atoms with E-state index in [-0.39, 0.29) is 0 Å². The van der Waals surface area contributed by atoms with E-state index in [4.69, 9.17) is 9.97 Å². The monoisotopic (exact) mass is 324 g/mol. The first-order valence-electron chi connectivity index (χ1n) is 8.88. The first-order valence-corrected chi connectivity index (χ1v) is 8.88. The van der Waals surface area contributed by atoms with Crippen molar-refractivity contribution in [1.82, 2.24) is 9.97 Å². The molecule has 0 aliphatic carbocycles. The molecule has 0 fully saturated rings. The van der Waals surface area contributed by atoms with Gasteiger partial charge in [-0.3, -0.25) is 0 Å². The Labute approximate surface area is 143 Å². The highest BCUT2D eigenvalue weighted by Crippen LogP contribution is 2.22. The summed E-state index contributed by atoms with van der Waals surface area (Å²) in [6, 6.07) is 14.0. The molecule has 2 heterocycles. The Balaban J connectivity index is 2.01. The molecule has 0 atom stereocenters. The topological polar surface area (TPSA) is 59.0 Å². The number of benzene rings is 1. The molecule has 0 amide bonds. The minimum atomic E-state index is 0.575. The van der Waals surface area contributed by atoms with Gasteiger partial charge < -0.3 is 10.6 Å². The van der Waals surface area contributed by atoms with Gasteiger partial charge in [-0.1, -0.05) is 24.3 Å². The summed E-state index contributed by atoms with van der Waals surface area (Å²) >= 11 is 0. The highest BCUT2D eigenvalue weighted by Gasteiger charge is 2.09. The van der Waals surface area contributed by atoms with E-state index in [1.807, 2.05) is 0 Å². The number of nitrogens with two attached hydrogens (primary N) is 2. The van der Waals surface area contributed by atoms with Crippen molar-refractivity contribution in [3.63, 3.8) is 0 Å². The minimum Gasteiger partial charge on any atom is -0.339 e. The fourth-order valence-electron chi connectivity index (χ4n) is 2.79. The number of nitrogens with zero attached hydrogens (tertiary/aromatic N) is 2.